The summed E-state index contributed by atoms with van der Waals surface area (Å²) in [5, 5.41) is 9.25. The summed E-state index contributed by atoms with van der Waals surface area (Å²) < 4.78 is 0. The van der Waals surface area contributed by atoms with Crippen LogP contribution in [0.4, 0.5) is 0 Å². The number of aromatic nitrogens is 2. The van der Waals surface area contributed by atoms with E-state index in [1.807, 2.05) is 0 Å². The van der Waals surface area contributed by atoms with Crippen molar-refractivity contribution in [3.05, 3.63) is 17.5 Å². The van der Waals surface area contributed by atoms with Crippen LogP contribution < -0.4 is 5.32 Å². The average molecular weight is 222 g/mol. The zero-order chi connectivity index (χ0) is 11.7. The molecule has 0 radical (unpaired) electrons. The predicted molar refractivity (Wildman–Crippen MR) is 56.8 cm³/mol. The molecule has 2 rings (SSSR count). The Kier molecular flexibility index (Phi) is 2.64. The maximum absolute atomic E-state index is 12.1. The second-order valence-electron chi connectivity index (χ2n) is 3.87. The van der Waals surface area contributed by atoms with Crippen LogP contribution in [0.25, 0.3) is 0 Å². The van der Waals surface area contributed by atoms with Gasteiger partial charge in [0.05, 0.1) is 11.8 Å². The fraction of sp³-hybridized carbons (Fsp3) is 0.500. The van der Waals surface area contributed by atoms with Gasteiger partial charge in [-0.3, -0.25) is 14.7 Å². The monoisotopic (exact) mass is 222 g/mol. The largest absolute Gasteiger partial charge is 0.353 e. The molecule has 2 amide bonds. The third-order valence-corrected chi connectivity index (χ3v) is 2.82. The van der Waals surface area contributed by atoms with Crippen LogP contribution in [0.1, 0.15) is 23.0 Å². The van der Waals surface area contributed by atoms with Crippen molar-refractivity contribution in [1.82, 2.24) is 20.4 Å². The van der Waals surface area contributed by atoms with E-state index < -0.39 is 6.04 Å². The highest BCUT2D eigenvalue weighted by molar-refractivity contribution is 5.98. The Morgan fingerprint density at radius 1 is 1.62 bits per heavy atom. The summed E-state index contributed by atoms with van der Waals surface area (Å²) in [6.45, 7) is 4.55. The van der Waals surface area contributed by atoms with Gasteiger partial charge in [0.15, 0.2) is 0 Å². The predicted octanol–water partition coefficient (Wildman–Crippen LogP) is -0.321. The number of rotatable bonds is 1. The Balaban J connectivity index is 2.22. The van der Waals surface area contributed by atoms with Crippen LogP contribution in [-0.2, 0) is 4.79 Å². The molecule has 16 heavy (non-hydrogen) atoms. The number of hydrogen-bond donors (Lipinski definition) is 2. The summed E-state index contributed by atoms with van der Waals surface area (Å²) in [4.78, 5) is 25.1. The summed E-state index contributed by atoms with van der Waals surface area (Å²) in [5.41, 5.74) is 1.25. The lowest BCUT2D eigenvalue weighted by atomic mass is 10.1. The van der Waals surface area contributed by atoms with Crippen LogP contribution in [-0.4, -0.2) is 46.0 Å². The van der Waals surface area contributed by atoms with Gasteiger partial charge in [-0.2, -0.15) is 5.10 Å². The number of nitrogens with zero attached hydrogens (tertiary/aromatic N) is 2. The molecule has 2 heterocycles. The summed E-state index contributed by atoms with van der Waals surface area (Å²) >= 11 is 0. The molecule has 0 aromatic carbocycles. The van der Waals surface area contributed by atoms with E-state index in [0.717, 1.165) is 5.69 Å². The second kappa shape index (κ2) is 3.96. The zero-order valence-corrected chi connectivity index (χ0v) is 9.28. The fourth-order valence-corrected chi connectivity index (χ4v) is 1.78. The van der Waals surface area contributed by atoms with Gasteiger partial charge < -0.3 is 10.2 Å². The van der Waals surface area contributed by atoms with Gasteiger partial charge in [-0.05, 0) is 13.8 Å². The molecule has 86 valence electrons. The molecule has 1 aliphatic heterocycles. The number of aromatic amines is 1. The van der Waals surface area contributed by atoms with Gasteiger partial charge in [0.25, 0.3) is 5.91 Å². The van der Waals surface area contributed by atoms with E-state index in [9.17, 15) is 9.59 Å². The first-order chi connectivity index (χ1) is 7.61. The number of aryl methyl sites for hydroxylation is 1. The van der Waals surface area contributed by atoms with Gasteiger partial charge in [0.2, 0.25) is 5.91 Å². The van der Waals surface area contributed by atoms with Gasteiger partial charge in [0, 0.05) is 18.8 Å². The first-order valence-electron chi connectivity index (χ1n) is 5.20. The number of hydrogen-bond acceptors (Lipinski definition) is 3. The van der Waals surface area contributed by atoms with Gasteiger partial charge in [-0.1, -0.05) is 0 Å². The number of carbonyl (C=O) groups is 2. The van der Waals surface area contributed by atoms with Crippen molar-refractivity contribution >= 4 is 11.8 Å². The summed E-state index contributed by atoms with van der Waals surface area (Å²) in [7, 11) is 0. The highest BCUT2D eigenvalue weighted by Gasteiger charge is 2.30. The van der Waals surface area contributed by atoms with Crippen molar-refractivity contribution in [2.75, 3.05) is 13.1 Å². The maximum Gasteiger partial charge on any atom is 0.258 e. The van der Waals surface area contributed by atoms with Crippen molar-refractivity contribution < 1.29 is 9.59 Å². The molecule has 0 spiro atoms. The Morgan fingerprint density at radius 3 is 3.00 bits per heavy atom. The Morgan fingerprint density at radius 2 is 2.38 bits per heavy atom. The molecule has 1 unspecified atom stereocenters. The Labute approximate surface area is 93.0 Å². The minimum Gasteiger partial charge on any atom is -0.353 e. The molecule has 6 nitrogen and oxygen atoms in total. The zero-order valence-electron chi connectivity index (χ0n) is 9.28. The molecular formula is C10H14N4O2. The molecule has 0 bridgehead atoms. The van der Waals surface area contributed by atoms with Crippen LogP contribution >= 0.6 is 0 Å². The minimum atomic E-state index is -0.421. The molecule has 2 N–H and O–H groups in total. The molecule has 1 atom stereocenters. The maximum atomic E-state index is 12.1. The third-order valence-electron chi connectivity index (χ3n) is 2.82. The van der Waals surface area contributed by atoms with Crippen molar-refractivity contribution in [3.63, 3.8) is 0 Å². The van der Waals surface area contributed by atoms with Gasteiger partial charge in [0.1, 0.15) is 6.04 Å². The van der Waals surface area contributed by atoms with E-state index in [-0.39, 0.29) is 11.8 Å². The Hall–Kier alpha value is -1.85. The van der Waals surface area contributed by atoms with Crippen LogP contribution in [0.5, 0.6) is 0 Å². The molecule has 1 saturated heterocycles. The van der Waals surface area contributed by atoms with Crippen LogP contribution in [0.15, 0.2) is 6.20 Å². The quantitative estimate of drug-likeness (QED) is 0.683. The summed E-state index contributed by atoms with van der Waals surface area (Å²) in [6.07, 6.45) is 1.50. The molecule has 1 aliphatic rings. The van der Waals surface area contributed by atoms with Gasteiger partial charge in [-0.15, -0.1) is 0 Å². The van der Waals surface area contributed by atoms with E-state index in [4.69, 9.17) is 0 Å². The first kappa shape index (κ1) is 10.7. The normalized spacial score (nSPS) is 20.8. The van der Waals surface area contributed by atoms with E-state index in [0.29, 0.717) is 18.7 Å². The van der Waals surface area contributed by atoms with Crippen molar-refractivity contribution in [3.8, 4) is 0 Å². The number of H-pyrrole nitrogens is 1. The number of carbonyl (C=O) groups excluding carboxylic acids is 2. The van der Waals surface area contributed by atoms with Crippen LogP contribution in [0, 0.1) is 6.92 Å². The molecule has 0 aliphatic carbocycles. The van der Waals surface area contributed by atoms with E-state index in [1.54, 1.807) is 18.7 Å². The third kappa shape index (κ3) is 1.66. The molecule has 1 aromatic heterocycles. The van der Waals surface area contributed by atoms with E-state index >= 15 is 0 Å². The highest BCUT2D eigenvalue weighted by atomic mass is 16.2. The molecule has 1 aromatic rings. The van der Waals surface area contributed by atoms with Crippen molar-refractivity contribution in [2.45, 2.75) is 19.9 Å². The number of piperazine rings is 1. The van der Waals surface area contributed by atoms with Crippen molar-refractivity contribution in [1.29, 1.82) is 0 Å². The van der Waals surface area contributed by atoms with Gasteiger partial charge in [-0.25, -0.2) is 0 Å². The summed E-state index contributed by atoms with van der Waals surface area (Å²) in [5.74, 6) is -0.255. The lowest BCUT2D eigenvalue weighted by Gasteiger charge is -2.32. The number of nitrogens with one attached hydrogen (secondary N) is 2. The average Bonchev–Trinajstić information content (AvgIpc) is 2.68. The van der Waals surface area contributed by atoms with E-state index in [2.05, 4.69) is 15.5 Å². The smallest absolute Gasteiger partial charge is 0.258 e. The lowest BCUT2D eigenvalue weighted by Crippen LogP contribution is -2.55. The standard InChI is InChI=1S/C10H14N4O2/c1-6-8(5-12-13-6)10(16)14-4-3-11-9(15)7(14)2/h5,7H,3-4H2,1-2H3,(H,11,15)(H,12,13). The first-order valence-corrected chi connectivity index (χ1v) is 5.20. The second-order valence-corrected chi connectivity index (χ2v) is 3.87. The molecular weight excluding hydrogens is 208 g/mol. The topological polar surface area (TPSA) is 78.1 Å². The number of amides is 2. The molecule has 1 fully saturated rings. The molecule has 0 saturated carbocycles. The van der Waals surface area contributed by atoms with Gasteiger partial charge >= 0.3 is 0 Å². The fourth-order valence-electron chi connectivity index (χ4n) is 1.78. The van der Waals surface area contributed by atoms with Crippen molar-refractivity contribution in [2.24, 2.45) is 0 Å². The van der Waals surface area contributed by atoms with Crippen LogP contribution in [0.2, 0.25) is 0 Å². The summed E-state index contributed by atoms with van der Waals surface area (Å²) in [6, 6.07) is -0.421. The van der Waals surface area contributed by atoms with Crippen LogP contribution in [0.3, 0.4) is 0 Å². The Bertz CT molecular complexity index is 426. The minimum absolute atomic E-state index is 0.110. The molecule has 6 heteroatoms. The SMILES string of the molecule is Cc1[nH]ncc1C(=O)N1CCNC(=O)C1C. The van der Waals surface area contributed by atoms with E-state index in [1.165, 1.54) is 6.20 Å². The lowest BCUT2D eigenvalue weighted by molar-refractivity contribution is -0.127. The highest BCUT2D eigenvalue weighted by Crippen LogP contribution is 2.12.